The molecule has 8 heterocycles. The second kappa shape index (κ2) is 22.1. The molecule has 19 heteroatoms. The molecule has 8 rings (SSSR count). The highest BCUT2D eigenvalue weighted by molar-refractivity contribution is 6.00. The molecule has 0 aliphatic carbocycles. The summed E-state index contributed by atoms with van der Waals surface area (Å²) in [4.78, 5) is 48.9. The summed E-state index contributed by atoms with van der Waals surface area (Å²) in [6.07, 6.45) is -8.75. The van der Waals surface area contributed by atoms with Gasteiger partial charge < -0.3 is 75.9 Å². The molecule has 4 aromatic heterocycles. The minimum absolute atomic E-state index is 0.0464. The number of aryl methyl sites for hydroxylation is 6. The lowest BCUT2D eigenvalue weighted by atomic mass is 9.96. The molecule has 4 aliphatic rings. The van der Waals surface area contributed by atoms with E-state index in [2.05, 4.69) is 91.4 Å². The fraction of sp³-hybridized carbons (Fsp3) is 0.519. The average Bonchev–Trinajstić information content (AvgIpc) is 4.13. The van der Waals surface area contributed by atoms with Crippen LogP contribution >= 0.6 is 0 Å². The fourth-order valence-corrected chi connectivity index (χ4v) is 11.1. The van der Waals surface area contributed by atoms with Crippen LogP contribution in [-0.2, 0) is 44.7 Å². The number of H-pyrrole nitrogens is 3. The first-order valence-electron chi connectivity index (χ1n) is 25.5. The van der Waals surface area contributed by atoms with Gasteiger partial charge in [-0.3, -0.25) is 9.59 Å². The lowest BCUT2D eigenvalue weighted by Crippen LogP contribution is -2.64. The standard InChI is InChI=1S/C54H71N7O12/c1-9-27-25(7)45-46-26(8)28(10-2)36(59-46)18-34-24(6)32(14-16-44(65)61-48-52(69)50(67)42(22-63)73-54(48)71)40(56-34)20-38-30(12-4)29(11-3)37(57-38)19-39-31(23(5)33(55-39)17-35(27)58-45)13-15-43(64)60-47-51(68)49(66)41(21-62)72-53(47)70/h17-20,41-42,47-57,62-63,66-71H,9-16,21-22H2,1-8H3,(H,60,64)(H,61,65)/t41-,42-,47-,48-,49-,50-,51-,52-,53+,54+/m1/s1. The molecule has 0 unspecified atom stereocenters. The van der Waals surface area contributed by atoms with Crippen molar-refractivity contribution < 1.29 is 59.9 Å². The van der Waals surface area contributed by atoms with Gasteiger partial charge in [-0.05, 0) is 146 Å². The molecule has 0 radical (unpaired) electrons. The largest absolute Gasteiger partial charge is 0.394 e. The van der Waals surface area contributed by atoms with Crippen molar-refractivity contribution in [2.45, 2.75) is 168 Å². The quantitative estimate of drug-likeness (QED) is 0.0861. The SMILES string of the molecule is CCC1=C(C)c2nc1cc1[nH]c(cc3[nH]c(cc4[nH]c(cc5nc2C(C)=C5CC)c(C)c4CCC(=O)N[C@@H]2[C@@H](O)[C@H](O)[C@@H](CO)O[C@@H]2O)c(CC)c3CC)c(CCC(=O)N[C@@H]2[C@@H](O)[C@H](O)[C@@H](CO)O[C@@H]2O)c1C. The predicted octanol–water partition coefficient (Wildman–Crippen LogP) is 3.48. The van der Waals surface area contributed by atoms with E-state index in [-0.39, 0.29) is 25.7 Å². The lowest BCUT2D eigenvalue weighted by molar-refractivity contribution is -0.253. The predicted molar refractivity (Wildman–Crippen MR) is 276 cm³/mol. The molecular weight excluding hydrogens is 939 g/mol. The van der Waals surface area contributed by atoms with Crippen molar-refractivity contribution in [2.24, 2.45) is 0 Å². The van der Waals surface area contributed by atoms with E-state index in [4.69, 9.17) is 19.4 Å². The highest BCUT2D eigenvalue weighted by Gasteiger charge is 2.45. The minimum Gasteiger partial charge on any atom is -0.394 e. The first-order valence-corrected chi connectivity index (χ1v) is 25.5. The van der Waals surface area contributed by atoms with E-state index in [9.17, 15) is 50.4 Å². The van der Waals surface area contributed by atoms with E-state index in [0.29, 0.717) is 25.7 Å². The number of aliphatic hydroxyl groups excluding tert-OH is 8. The van der Waals surface area contributed by atoms with Gasteiger partial charge in [0.2, 0.25) is 11.8 Å². The molecule has 2 saturated heterocycles. The molecule has 0 saturated carbocycles. The fourth-order valence-electron chi connectivity index (χ4n) is 11.1. The molecule has 13 N–H and O–H groups in total. The van der Waals surface area contributed by atoms with E-state index in [1.54, 1.807) is 0 Å². The number of aromatic amines is 3. The number of carbonyl (C=O) groups is 2. The van der Waals surface area contributed by atoms with Crippen molar-refractivity contribution in [2.75, 3.05) is 13.2 Å². The van der Waals surface area contributed by atoms with Crippen LogP contribution in [0.4, 0.5) is 0 Å². The highest BCUT2D eigenvalue weighted by atomic mass is 16.6. The molecule has 394 valence electrons. The third-order valence-electron chi connectivity index (χ3n) is 15.3. The number of allylic oxidation sites excluding steroid dienone is 4. The van der Waals surface area contributed by atoms with Gasteiger partial charge >= 0.3 is 0 Å². The molecule has 0 aromatic carbocycles. The Morgan fingerprint density at radius 1 is 0.521 bits per heavy atom. The van der Waals surface area contributed by atoms with Crippen LogP contribution in [0.2, 0.25) is 0 Å². The van der Waals surface area contributed by atoms with Gasteiger partial charge in [0.25, 0.3) is 0 Å². The van der Waals surface area contributed by atoms with Crippen molar-refractivity contribution in [1.29, 1.82) is 0 Å². The molecule has 4 aromatic rings. The number of hydrogen-bond donors (Lipinski definition) is 13. The molecule has 10 atom stereocenters. The van der Waals surface area contributed by atoms with Gasteiger partial charge in [0.15, 0.2) is 12.6 Å². The Morgan fingerprint density at radius 2 is 0.877 bits per heavy atom. The Morgan fingerprint density at radius 3 is 1.22 bits per heavy atom. The summed E-state index contributed by atoms with van der Waals surface area (Å²) < 4.78 is 10.6. The van der Waals surface area contributed by atoms with Gasteiger partial charge in [0, 0.05) is 45.9 Å². The number of nitrogens with zero attached hydrogens (tertiary/aromatic N) is 2. The first kappa shape index (κ1) is 53.7. The minimum atomic E-state index is -1.66. The second-order valence-corrected chi connectivity index (χ2v) is 19.6. The number of aromatic nitrogens is 5. The number of carbonyl (C=O) groups excluding carboxylic acids is 2. The summed E-state index contributed by atoms with van der Waals surface area (Å²) in [7, 11) is 0. The summed E-state index contributed by atoms with van der Waals surface area (Å²) in [5.74, 6) is -0.985. The maximum atomic E-state index is 13.6. The van der Waals surface area contributed by atoms with E-state index < -0.39 is 86.3 Å². The zero-order valence-electron chi connectivity index (χ0n) is 42.8. The normalized spacial score (nSPS) is 25.4. The number of ether oxygens (including phenoxy) is 2. The average molecular weight is 1010 g/mol. The van der Waals surface area contributed by atoms with Gasteiger partial charge in [-0.15, -0.1) is 0 Å². The summed E-state index contributed by atoms with van der Waals surface area (Å²) in [5.41, 5.74) is 17.8. The summed E-state index contributed by atoms with van der Waals surface area (Å²) in [6.45, 7) is 15.3. The van der Waals surface area contributed by atoms with Crippen molar-refractivity contribution >= 4 is 67.2 Å². The Hall–Kier alpha value is -5.58. The summed E-state index contributed by atoms with van der Waals surface area (Å²) in [6, 6.07) is 5.56. The molecule has 19 nitrogen and oxygen atoms in total. The van der Waals surface area contributed by atoms with Gasteiger partial charge in [0.1, 0.15) is 48.7 Å². The smallest absolute Gasteiger partial charge is 0.220 e. The molecule has 0 spiro atoms. The van der Waals surface area contributed by atoms with Crippen LogP contribution in [0, 0.1) is 13.8 Å². The molecule has 2 amide bonds. The molecular formula is C54H71N7O12. The Balaban J connectivity index is 1.30. The molecule has 73 heavy (non-hydrogen) atoms. The third kappa shape index (κ3) is 10.2. The Labute approximate surface area is 423 Å². The van der Waals surface area contributed by atoms with Crippen LogP contribution in [0.5, 0.6) is 0 Å². The monoisotopic (exact) mass is 1010 g/mol. The Kier molecular flexibility index (Phi) is 16.3. The van der Waals surface area contributed by atoms with Gasteiger partial charge in [-0.25, -0.2) is 9.97 Å². The molecule has 4 aliphatic heterocycles. The topological polar surface area (TPSA) is 312 Å². The van der Waals surface area contributed by atoms with Crippen LogP contribution in [0.15, 0.2) is 24.3 Å². The maximum Gasteiger partial charge on any atom is 0.220 e. The van der Waals surface area contributed by atoms with E-state index in [0.717, 1.165) is 112 Å². The summed E-state index contributed by atoms with van der Waals surface area (Å²) >= 11 is 0. The number of amides is 2. The maximum absolute atomic E-state index is 13.6. The molecule has 10 bridgehead atoms. The van der Waals surface area contributed by atoms with E-state index in [1.807, 2.05) is 13.8 Å². The van der Waals surface area contributed by atoms with Crippen molar-refractivity contribution in [3.05, 3.63) is 80.4 Å². The van der Waals surface area contributed by atoms with Gasteiger partial charge in [-0.1, -0.05) is 27.7 Å². The van der Waals surface area contributed by atoms with Crippen molar-refractivity contribution in [1.82, 2.24) is 35.6 Å². The van der Waals surface area contributed by atoms with E-state index >= 15 is 0 Å². The van der Waals surface area contributed by atoms with Crippen molar-refractivity contribution in [3.8, 4) is 0 Å². The van der Waals surface area contributed by atoms with Crippen LogP contribution in [0.25, 0.3) is 55.4 Å². The zero-order chi connectivity index (χ0) is 52.7. The summed E-state index contributed by atoms with van der Waals surface area (Å²) in [5, 5.41) is 88.1. The number of rotatable bonds is 14. The second-order valence-electron chi connectivity index (χ2n) is 19.6. The number of fused-ring (bicyclic) bond motifs is 11. The zero-order valence-corrected chi connectivity index (χ0v) is 42.8. The number of aliphatic hydroxyl groups is 8. The van der Waals surface area contributed by atoms with Gasteiger partial charge in [0.05, 0.1) is 36.0 Å². The van der Waals surface area contributed by atoms with Crippen LogP contribution in [0.1, 0.15) is 123 Å². The van der Waals surface area contributed by atoms with Crippen LogP contribution in [0.3, 0.4) is 0 Å². The van der Waals surface area contributed by atoms with Crippen molar-refractivity contribution in [3.63, 3.8) is 0 Å². The Bertz CT molecular complexity index is 2840. The van der Waals surface area contributed by atoms with Gasteiger partial charge in [-0.2, -0.15) is 0 Å². The van der Waals surface area contributed by atoms with Crippen LogP contribution < -0.4 is 10.6 Å². The van der Waals surface area contributed by atoms with Crippen LogP contribution in [-0.4, -0.2) is 152 Å². The lowest BCUT2D eigenvalue weighted by Gasteiger charge is -2.40. The third-order valence-corrected chi connectivity index (χ3v) is 15.3. The van der Waals surface area contributed by atoms with E-state index in [1.165, 1.54) is 0 Å². The highest BCUT2D eigenvalue weighted by Crippen LogP contribution is 2.40. The number of nitrogens with one attached hydrogen (secondary N) is 5. The number of hydrogen-bond acceptors (Lipinski definition) is 14. The first-order chi connectivity index (χ1) is 34.9. The molecule has 2 fully saturated rings.